The summed E-state index contributed by atoms with van der Waals surface area (Å²) in [5.74, 6) is -0.326. The highest BCUT2D eigenvalue weighted by Crippen LogP contribution is 2.25. The molecule has 6 heteroatoms. The van der Waals surface area contributed by atoms with E-state index < -0.39 is 6.04 Å². The van der Waals surface area contributed by atoms with Crippen LogP contribution in [0, 0.1) is 13.8 Å². The number of hydrogen-bond donors (Lipinski definition) is 1. The van der Waals surface area contributed by atoms with Crippen LogP contribution in [0.5, 0.6) is 0 Å². The van der Waals surface area contributed by atoms with Crippen LogP contribution in [0.3, 0.4) is 0 Å². The molecule has 1 unspecified atom stereocenters. The summed E-state index contributed by atoms with van der Waals surface area (Å²) in [6.07, 6.45) is 0.592. The Morgan fingerprint density at radius 3 is 2.21 bits per heavy atom. The fourth-order valence-corrected chi connectivity index (χ4v) is 4.59. The first-order valence-electron chi connectivity index (χ1n) is 11.4. The van der Waals surface area contributed by atoms with Gasteiger partial charge in [0.15, 0.2) is 0 Å². The van der Waals surface area contributed by atoms with Crippen molar-refractivity contribution in [2.24, 2.45) is 0 Å². The van der Waals surface area contributed by atoms with Gasteiger partial charge in [-0.15, -0.1) is 0 Å². The fraction of sp³-hybridized carbons (Fsp3) is 0.286. The van der Waals surface area contributed by atoms with Crippen molar-refractivity contribution in [2.45, 2.75) is 46.2 Å². The van der Waals surface area contributed by atoms with Gasteiger partial charge in [0, 0.05) is 29.6 Å². The average molecular weight is 497 g/mol. The van der Waals surface area contributed by atoms with E-state index in [1.807, 2.05) is 63.2 Å². The van der Waals surface area contributed by atoms with Crippen molar-refractivity contribution in [3.8, 4) is 0 Å². The molecule has 0 heterocycles. The first-order chi connectivity index (χ1) is 16.3. The maximum atomic E-state index is 13.7. The predicted molar refractivity (Wildman–Crippen MR) is 139 cm³/mol. The van der Waals surface area contributed by atoms with Gasteiger partial charge in [-0.25, -0.2) is 0 Å². The van der Waals surface area contributed by atoms with Gasteiger partial charge in [-0.2, -0.15) is 0 Å². The van der Waals surface area contributed by atoms with E-state index >= 15 is 0 Å². The summed E-state index contributed by atoms with van der Waals surface area (Å²) in [4.78, 5) is 28.6. The zero-order valence-corrected chi connectivity index (χ0v) is 21.3. The molecule has 1 atom stereocenters. The normalized spacial score (nSPS) is 11.7. The van der Waals surface area contributed by atoms with E-state index in [1.54, 1.807) is 23.1 Å². The minimum Gasteiger partial charge on any atom is -0.355 e. The number of aryl methyl sites for hydroxylation is 2. The summed E-state index contributed by atoms with van der Waals surface area (Å²) < 4.78 is 0. The molecule has 4 nitrogen and oxygen atoms in total. The summed E-state index contributed by atoms with van der Waals surface area (Å²) in [6, 6.07) is 20.3. The van der Waals surface area contributed by atoms with Crippen molar-refractivity contribution in [1.29, 1.82) is 0 Å². The highest BCUT2D eigenvalue weighted by molar-refractivity contribution is 6.35. The highest BCUT2D eigenvalue weighted by Gasteiger charge is 2.30. The van der Waals surface area contributed by atoms with E-state index in [9.17, 15) is 9.59 Å². The first kappa shape index (κ1) is 25.8. The molecule has 0 aliphatic heterocycles. The minimum atomic E-state index is -0.687. The summed E-state index contributed by atoms with van der Waals surface area (Å²) in [5, 5.41) is 3.89. The molecule has 178 valence electrons. The molecule has 2 amide bonds. The molecule has 1 N–H and O–H groups in total. The monoisotopic (exact) mass is 496 g/mol. The Morgan fingerprint density at radius 2 is 1.59 bits per heavy atom. The molecular weight excluding hydrogens is 467 g/mol. The van der Waals surface area contributed by atoms with Crippen LogP contribution in [-0.4, -0.2) is 29.3 Å². The van der Waals surface area contributed by atoms with Crippen LogP contribution in [-0.2, 0) is 29.0 Å². The van der Waals surface area contributed by atoms with Crippen molar-refractivity contribution in [1.82, 2.24) is 10.2 Å². The molecule has 0 saturated carbocycles. The third-order valence-corrected chi connectivity index (χ3v) is 6.20. The van der Waals surface area contributed by atoms with E-state index in [0.29, 0.717) is 23.0 Å². The second kappa shape index (κ2) is 12.0. The number of carbonyl (C=O) groups is 2. The van der Waals surface area contributed by atoms with E-state index in [1.165, 1.54) is 0 Å². The Hall–Kier alpha value is -2.82. The lowest BCUT2D eigenvalue weighted by Gasteiger charge is -2.32. The van der Waals surface area contributed by atoms with Gasteiger partial charge in [0.25, 0.3) is 0 Å². The number of benzene rings is 3. The van der Waals surface area contributed by atoms with Gasteiger partial charge in [-0.05, 0) is 49.6 Å². The first-order valence-corrected chi connectivity index (χ1v) is 12.1. The van der Waals surface area contributed by atoms with Crippen molar-refractivity contribution >= 4 is 35.0 Å². The molecule has 0 radical (unpaired) electrons. The summed E-state index contributed by atoms with van der Waals surface area (Å²) in [6.45, 7) is 6.58. The SMILES string of the molecule is CCNC(=O)C(Cc1ccccc1)N(Cc1ccc(Cl)cc1Cl)C(=O)Cc1cc(C)cc(C)c1. The summed E-state index contributed by atoms with van der Waals surface area (Å²) in [5.41, 5.74) is 4.83. The molecule has 3 aromatic carbocycles. The highest BCUT2D eigenvalue weighted by atomic mass is 35.5. The lowest BCUT2D eigenvalue weighted by Crippen LogP contribution is -2.51. The van der Waals surface area contributed by atoms with Crippen LogP contribution in [0.1, 0.15) is 34.7 Å². The molecule has 0 saturated heterocycles. The second-order valence-corrected chi connectivity index (χ2v) is 9.37. The summed E-state index contributed by atoms with van der Waals surface area (Å²) in [7, 11) is 0. The summed E-state index contributed by atoms with van der Waals surface area (Å²) >= 11 is 12.5. The molecule has 3 aromatic rings. The number of likely N-dealkylation sites (N-methyl/N-ethyl adjacent to an activating group) is 1. The average Bonchev–Trinajstić information content (AvgIpc) is 2.77. The molecule has 34 heavy (non-hydrogen) atoms. The van der Waals surface area contributed by atoms with E-state index in [4.69, 9.17) is 23.2 Å². The van der Waals surface area contributed by atoms with Gasteiger partial charge in [0.05, 0.1) is 6.42 Å². The van der Waals surface area contributed by atoms with Gasteiger partial charge in [-0.3, -0.25) is 9.59 Å². The maximum absolute atomic E-state index is 13.7. The molecule has 0 bridgehead atoms. The van der Waals surface area contributed by atoms with Crippen LogP contribution in [0.4, 0.5) is 0 Å². The Morgan fingerprint density at radius 1 is 0.912 bits per heavy atom. The van der Waals surface area contributed by atoms with E-state index in [2.05, 4.69) is 11.4 Å². The molecule has 0 aliphatic carbocycles. The second-order valence-electron chi connectivity index (χ2n) is 8.53. The molecule has 0 fully saturated rings. The molecular formula is C28H30Cl2N2O2. The van der Waals surface area contributed by atoms with Gasteiger partial charge in [-0.1, -0.05) is 88.9 Å². The van der Waals surface area contributed by atoms with Crippen LogP contribution in [0.2, 0.25) is 10.0 Å². The third kappa shape index (κ3) is 7.09. The predicted octanol–water partition coefficient (Wildman–Crippen LogP) is 5.93. The number of rotatable bonds is 9. The van der Waals surface area contributed by atoms with Gasteiger partial charge >= 0.3 is 0 Å². The smallest absolute Gasteiger partial charge is 0.243 e. The number of amides is 2. The van der Waals surface area contributed by atoms with E-state index in [0.717, 1.165) is 27.8 Å². The Bertz CT molecular complexity index is 1130. The molecule has 0 aliphatic rings. The zero-order chi connectivity index (χ0) is 24.7. The largest absolute Gasteiger partial charge is 0.355 e. The van der Waals surface area contributed by atoms with Gasteiger partial charge < -0.3 is 10.2 Å². The number of halogens is 2. The topological polar surface area (TPSA) is 49.4 Å². The number of nitrogens with one attached hydrogen (secondary N) is 1. The van der Waals surface area contributed by atoms with Crippen molar-refractivity contribution in [3.63, 3.8) is 0 Å². The number of hydrogen-bond acceptors (Lipinski definition) is 2. The standard InChI is InChI=1S/C28H30Cl2N2O2/c1-4-31-28(34)26(15-21-8-6-5-7-9-21)32(18-23-10-11-24(29)17-25(23)30)27(33)16-22-13-19(2)12-20(3)14-22/h5-14,17,26H,4,15-16,18H2,1-3H3,(H,31,34). The number of carbonyl (C=O) groups excluding carboxylic acids is 2. The molecule has 0 aromatic heterocycles. The third-order valence-electron chi connectivity index (χ3n) is 5.61. The van der Waals surface area contributed by atoms with Gasteiger partial charge in [0.1, 0.15) is 6.04 Å². The maximum Gasteiger partial charge on any atom is 0.243 e. The lowest BCUT2D eigenvalue weighted by atomic mass is 10.0. The Labute approximate surface area is 211 Å². The Balaban J connectivity index is 2.00. The molecule has 0 spiro atoms. The number of nitrogens with zero attached hydrogens (tertiary/aromatic N) is 1. The fourth-order valence-electron chi connectivity index (χ4n) is 4.13. The van der Waals surface area contributed by atoms with Crippen molar-refractivity contribution in [2.75, 3.05) is 6.54 Å². The quantitative estimate of drug-likeness (QED) is 0.399. The van der Waals surface area contributed by atoms with E-state index in [-0.39, 0.29) is 24.8 Å². The lowest BCUT2D eigenvalue weighted by molar-refractivity contribution is -0.140. The van der Waals surface area contributed by atoms with Crippen LogP contribution in [0.25, 0.3) is 0 Å². The Kier molecular flexibility index (Phi) is 9.14. The van der Waals surface area contributed by atoms with Crippen LogP contribution >= 0.6 is 23.2 Å². The van der Waals surface area contributed by atoms with Crippen molar-refractivity contribution < 1.29 is 9.59 Å². The van der Waals surface area contributed by atoms with Crippen LogP contribution < -0.4 is 5.32 Å². The minimum absolute atomic E-state index is 0.136. The van der Waals surface area contributed by atoms with Crippen molar-refractivity contribution in [3.05, 3.63) is 105 Å². The van der Waals surface area contributed by atoms with Crippen LogP contribution in [0.15, 0.2) is 66.7 Å². The zero-order valence-electron chi connectivity index (χ0n) is 19.8. The van der Waals surface area contributed by atoms with Gasteiger partial charge in [0.2, 0.25) is 11.8 Å². The molecule has 3 rings (SSSR count).